The molecule has 2 heterocycles. The molecular weight excluding hydrogens is 375 g/mol. The van der Waals surface area contributed by atoms with Crippen LogP contribution in [0.5, 0.6) is 11.6 Å². The number of aromatic nitrogens is 4. The maximum atomic E-state index is 12.2. The first-order chi connectivity index (χ1) is 12.8. The van der Waals surface area contributed by atoms with Gasteiger partial charge in [-0.3, -0.25) is 4.98 Å². The van der Waals surface area contributed by atoms with E-state index in [0.29, 0.717) is 17.0 Å². The molecule has 0 N–H and O–H groups in total. The third kappa shape index (κ3) is 4.80. The Balaban J connectivity index is 1.82. The molecule has 0 aliphatic rings. The molecule has 144 valence electrons. The molecule has 6 nitrogen and oxygen atoms in total. The standard InChI is InChI=1S/C16H13F5N4O2/c17-15(18)27-11-4-2-10(3-5-11)14-24-23-12-8-22-9-13(25(12)14)26-7-1-6-16(19,20)21/h2-5,8-9,15H,1,6-7H2. The van der Waals surface area contributed by atoms with Crippen LogP contribution in [0.2, 0.25) is 0 Å². The summed E-state index contributed by atoms with van der Waals surface area (Å²) < 4.78 is 72.3. The van der Waals surface area contributed by atoms with Gasteiger partial charge in [0.05, 0.1) is 19.0 Å². The van der Waals surface area contributed by atoms with Crippen molar-refractivity contribution in [3.63, 3.8) is 0 Å². The van der Waals surface area contributed by atoms with Crippen LogP contribution in [-0.4, -0.2) is 39.0 Å². The predicted octanol–water partition coefficient (Wildman–Crippen LogP) is 4.11. The molecule has 0 amide bonds. The number of ether oxygens (including phenoxy) is 2. The SMILES string of the molecule is FC(F)Oc1ccc(-c2nnc3cncc(OCCCC(F)(F)F)n23)cc1. The Morgan fingerprint density at radius 3 is 2.44 bits per heavy atom. The summed E-state index contributed by atoms with van der Waals surface area (Å²) in [7, 11) is 0. The van der Waals surface area contributed by atoms with Gasteiger partial charge in [0.1, 0.15) is 5.75 Å². The molecule has 0 spiro atoms. The number of hydrogen-bond acceptors (Lipinski definition) is 5. The van der Waals surface area contributed by atoms with Gasteiger partial charge in [-0.1, -0.05) is 0 Å². The minimum atomic E-state index is -4.25. The van der Waals surface area contributed by atoms with Gasteiger partial charge < -0.3 is 9.47 Å². The van der Waals surface area contributed by atoms with Gasteiger partial charge in [0.15, 0.2) is 11.5 Å². The van der Waals surface area contributed by atoms with Crippen molar-refractivity contribution in [2.75, 3.05) is 6.61 Å². The summed E-state index contributed by atoms with van der Waals surface area (Å²) in [6, 6.07) is 5.69. The first-order valence-electron chi connectivity index (χ1n) is 7.77. The van der Waals surface area contributed by atoms with Crippen molar-refractivity contribution in [1.82, 2.24) is 19.6 Å². The fourth-order valence-corrected chi connectivity index (χ4v) is 2.35. The Bertz CT molecular complexity index is 896. The number of nitrogens with zero attached hydrogens (tertiary/aromatic N) is 4. The van der Waals surface area contributed by atoms with Gasteiger partial charge in [-0.05, 0) is 30.7 Å². The van der Waals surface area contributed by atoms with Gasteiger partial charge in [0.25, 0.3) is 0 Å². The fourth-order valence-electron chi connectivity index (χ4n) is 2.35. The minimum absolute atomic E-state index is 0.0205. The molecule has 0 aliphatic carbocycles. The lowest BCUT2D eigenvalue weighted by Crippen LogP contribution is -2.10. The van der Waals surface area contributed by atoms with Crippen LogP contribution in [0.25, 0.3) is 17.0 Å². The van der Waals surface area contributed by atoms with E-state index in [-0.39, 0.29) is 24.7 Å². The summed E-state index contributed by atoms with van der Waals surface area (Å²) in [4.78, 5) is 3.92. The second-order valence-corrected chi connectivity index (χ2v) is 5.43. The molecule has 0 atom stereocenters. The zero-order valence-electron chi connectivity index (χ0n) is 13.7. The molecule has 1 aromatic carbocycles. The van der Waals surface area contributed by atoms with Crippen LogP contribution in [0.3, 0.4) is 0 Å². The molecule has 0 bridgehead atoms. The molecule has 2 aromatic heterocycles. The Labute approximate surface area is 149 Å². The second-order valence-electron chi connectivity index (χ2n) is 5.43. The molecule has 3 aromatic rings. The number of hydrogen-bond donors (Lipinski definition) is 0. The summed E-state index contributed by atoms with van der Waals surface area (Å²) in [6.45, 7) is -3.11. The van der Waals surface area contributed by atoms with Crippen molar-refractivity contribution >= 4 is 5.65 Å². The van der Waals surface area contributed by atoms with E-state index in [2.05, 4.69) is 19.9 Å². The van der Waals surface area contributed by atoms with E-state index in [1.54, 1.807) is 0 Å². The highest BCUT2D eigenvalue weighted by atomic mass is 19.4. The van der Waals surface area contributed by atoms with E-state index in [0.717, 1.165) is 0 Å². The summed E-state index contributed by atoms with van der Waals surface area (Å²) in [5.74, 6) is 0.470. The van der Waals surface area contributed by atoms with Crippen LogP contribution < -0.4 is 9.47 Å². The smallest absolute Gasteiger partial charge is 0.389 e. The molecule has 0 saturated heterocycles. The lowest BCUT2D eigenvalue weighted by molar-refractivity contribution is -0.136. The van der Waals surface area contributed by atoms with Gasteiger partial charge in [-0.15, -0.1) is 10.2 Å². The molecular formula is C16H13F5N4O2. The van der Waals surface area contributed by atoms with E-state index in [1.807, 2.05) is 0 Å². The first-order valence-corrected chi connectivity index (χ1v) is 7.77. The summed E-state index contributed by atoms with van der Waals surface area (Å²) in [5, 5.41) is 7.94. The highest BCUT2D eigenvalue weighted by molar-refractivity contribution is 5.61. The van der Waals surface area contributed by atoms with E-state index >= 15 is 0 Å². The predicted molar refractivity (Wildman–Crippen MR) is 83.6 cm³/mol. The zero-order valence-corrected chi connectivity index (χ0v) is 13.7. The Morgan fingerprint density at radius 1 is 1.04 bits per heavy atom. The van der Waals surface area contributed by atoms with Crippen molar-refractivity contribution in [2.24, 2.45) is 0 Å². The number of fused-ring (bicyclic) bond motifs is 1. The Kier molecular flexibility index (Phi) is 5.38. The van der Waals surface area contributed by atoms with Crippen LogP contribution in [0.15, 0.2) is 36.7 Å². The number of rotatable bonds is 7. The first kappa shape index (κ1) is 18.8. The zero-order chi connectivity index (χ0) is 19.4. The highest BCUT2D eigenvalue weighted by Crippen LogP contribution is 2.26. The minimum Gasteiger partial charge on any atom is -0.477 e. The number of benzene rings is 1. The van der Waals surface area contributed by atoms with Crippen molar-refractivity contribution < 1.29 is 31.4 Å². The molecule has 11 heteroatoms. The normalized spacial score (nSPS) is 11.9. The second kappa shape index (κ2) is 7.72. The van der Waals surface area contributed by atoms with Gasteiger partial charge >= 0.3 is 12.8 Å². The van der Waals surface area contributed by atoms with Crippen molar-refractivity contribution in [3.05, 3.63) is 36.7 Å². The van der Waals surface area contributed by atoms with Crippen molar-refractivity contribution in [2.45, 2.75) is 25.6 Å². The van der Waals surface area contributed by atoms with Crippen LogP contribution in [0.1, 0.15) is 12.8 Å². The van der Waals surface area contributed by atoms with Gasteiger partial charge in [-0.2, -0.15) is 22.0 Å². The van der Waals surface area contributed by atoms with Crippen LogP contribution in [0.4, 0.5) is 22.0 Å². The molecule has 0 saturated carbocycles. The van der Waals surface area contributed by atoms with E-state index in [9.17, 15) is 22.0 Å². The topological polar surface area (TPSA) is 61.5 Å². The van der Waals surface area contributed by atoms with Gasteiger partial charge in [0, 0.05) is 12.0 Å². The summed E-state index contributed by atoms with van der Waals surface area (Å²) in [6.07, 6.45) is -2.68. The lowest BCUT2D eigenvalue weighted by Gasteiger charge is -2.10. The summed E-state index contributed by atoms with van der Waals surface area (Å²) >= 11 is 0. The Morgan fingerprint density at radius 2 is 1.78 bits per heavy atom. The molecule has 0 aliphatic heterocycles. The maximum Gasteiger partial charge on any atom is 0.389 e. The largest absolute Gasteiger partial charge is 0.477 e. The monoisotopic (exact) mass is 388 g/mol. The molecule has 3 rings (SSSR count). The van der Waals surface area contributed by atoms with E-state index in [1.165, 1.54) is 41.1 Å². The number of alkyl halides is 5. The van der Waals surface area contributed by atoms with Gasteiger partial charge in [0.2, 0.25) is 5.88 Å². The molecule has 0 fully saturated rings. The van der Waals surface area contributed by atoms with E-state index < -0.39 is 19.2 Å². The van der Waals surface area contributed by atoms with Crippen LogP contribution in [0, 0.1) is 0 Å². The third-order valence-corrected chi connectivity index (χ3v) is 3.48. The van der Waals surface area contributed by atoms with E-state index in [4.69, 9.17) is 4.74 Å². The average molecular weight is 388 g/mol. The summed E-state index contributed by atoms with van der Waals surface area (Å²) in [5.41, 5.74) is 0.849. The molecule has 0 unspecified atom stereocenters. The van der Waals surface area contributed by atoms with Crippen LogP contribution >= 0.6 is 0 Å². The maximum absolute atomic E-state index is 12.2. The Hall–Kier alpha value is -2.98. The quantitative estimate of drug-likeness (QED) is 0.450. The highest BCUT2D eigenvalue weighted by Gasteiger charge is 2.26. The van der Waals surface area contributed by atoms with Gasteiger partial charge in [-0.25, -0.2) is 4.40 Å². The molecule has 27 heavy (non-hydrogen) atoms. The third-order valence-electron chi connectivity index (χ3n) is 3.48. The molecule has 0 radical (unpaired) electrons. The number of halogens is 5. The lowest BCUT2D eigenvalue weighted by atomic mass is 10.2. The fraction of sp³-hybridized carbons (Fsp3) is 0.312. The average Bonchev–Trinajstić information content (AvgIpc) is 3.03. The van der Waals surface area contributed by atoms with Crippen molar-refractivity contribution in [1.29, 1.82) is 0 Å². The van der Waals surface area contributed by atoms with Crippen LogP contribution in [-0.2, 0) is 0 Å². The van der Waals surface area contributed by atoms with Crippen molar-refractivity contribution in [3.8, 4) is 23.0 Å².